The zero-order chi connectivity index (χ0) is 22.4. The van der Waals surface area contributed by atoms with Gasteiger partial charge in [-0.05, 0) is 49.5 Å². The largest absolute Gasteiger partial charge is 0.493 e. The first kappa shape index (κ1) is 22.4. The Balaban J connectivity index is 1.65. The van der Waals surface area contributed by atoms with Crippen molar-refractivity contribution in [2.75, 3.05) is 45.8 Å². The van der Waals surface area contributed by atoms with Gasteiger partial charge in [-0.25, -0.2) is 9.59 Å². The highest BCUT2D eigenvalue weighted by atomic mass is 16.6. The van der Waals surface area contributed by atoms with Crippen molar-refractivity contribution in [2.24, 2.45) is 0 Å². The Kier molecular flexibility index (Phi) is 7.36. The first-order chi connectivity index (χ1) is 15.0. The fraction of sp³-hybridized carbons (Fsp3) is 0.391. The molecule has 3 rings (SSSR count). The molecular weight excluding hydrogens is 400 g/mol. The monoisotopic (exact) mass is 428 g/mol. The molecule has 1 aliphatic heterocycles. The number of methoxy groups -OCH3 is 2. The van der Waals surface area contributed by atoms with Crippen LogP contribution in [-0.2, 0) is 9.47 Å². The molecule has 0 spiro atoms. The molecule has 0 fully saturated rings. The lowest BCUT2D eigenvalue weighted by Crippen LogP contribution is -2.27. The molecule has 1 aliphatic rings. The molecule has 8 nitrogen and oxygen atoms in total. The van der Waals surface area contributed by atoms with Gasteiger partial charge in [-0.15, -0.1) is 0 Å². The van der Waals surface area contributed by atoms with E-state index < -0.39 is 12.2 Å². The van der Waals surface area contributed by atoms with E-state index in [9.17, 15) is 9.59 Å². The van der Waals surface area contributed by atoms with Gasteiger partial charge >= 0.3 is 11.9 Å². The molecule has 1 atom stereocenters. The minimum Gasteiger partial charge on any atom is -0.493 e. The smallest absolute Gasteiger partial charge is 0.344 e. The second-order valence-electron chi connectivity index (χ2n) is 6.94. The lowest BCUT2D eigenvalue weighted by Gasteiger charge is -2.17. The molecule has 0 unspecified atom stereocenters. The molecule has 2 aromatic rings. The minimum atomic E-state index is -0.672. The third kappa shape index (κ3) is 4.91. The number of carbonyl (C=O) groups excluding carboxylic acids is 2. The van der Waals surface area contributed by atoms with Gasteiger partial charge in [0.2, 0.25) is 6.23 Å². The van der Waals surface area contributed by atoms with Crippen LogP contribution in [0.25, 0.3) is 0 Å². The predicted molar refractivity (Wildman–Crippen MR) is 116 cm³/mol. The summed E-state index contributed by atoms with van der Waals surface area (Å²) >= 11 is 0. The number of fused-ring (bicyclic) bond motifs is 1. The maximum absolute atomic E-state index is 12.4. The lowest BCUT2D eigenvalue weighted by molar-refractivity contribution is 0.0433. The van der Waals surface area contributed by atoms with Crippen LogP contribution in [-0.4, -0.2) is 57.3 Å². The molecule has 0 aliphatic carbocycles. The van der Waals surface area contributed by atoms with Crippen molar-refractivity contribution in [1.82, 2.24) is 4.90 Å². The number of anilines is 1. The zero-order valence-corrected chi connectivity index (χ0v) is 18.3. The van der Waals surface area contributed by atoms with E-state index in [0.29, 0.717) is 47.0 Å². The summed E-state index contributed by atoms with van der Waals surface area (Å²) in [5, 5.41) is 3.16. The Morgan fingerprint density at radius 2 is 1.77 bits per heavy atom. The van der Waals surface area contributed by atoms with Gasteiger partial charge in [0.25, 0.3) is 0 Å². The van der Waals surface area contributed by atoms with Gasteiger partial charge in [0, 0.05) is 17.8 Å². The number of nitrogens with one attached hydrogen (secondary N) is 1. The SMILES string of the molecule is CCN(CC)CCOC(=O)c1ccc(N[C@H]2OC(=O)c3c2ccc(OC)c3OC)cc1. The average molecular weight is 428 g/mol. The van der Waals surface area contributed by atoms with E-state index in [1.165, 1.54) is 14.2 Å². The van der Waals surface area contributed by atoms with Crippen molar-refractivity contribution >= 4 is 17.6 Å². The fourth-order valence-electron chi connectivity index (χ4n) is 3.45. The molecule has 1 N–H and O–H groups in total. The van der Waals surface area contributed by atoms with Crippen LogP contribution < -0.4 is 14.8 Å². The van der Waals surface area contributed by atoms with Crippen molar-refractivity contribution in [2.45, 2.75) is 20.1 Å². The van der Waals surface area contributed by atoms with Crippen LogP contribution >= 0.6 is 0 Å². The Morgan fingerprint density at radius 1 is 1.06 bits per heavy atom. The predicted octanol–water partition coefficient (Wildman–Crippen LogP) is 3.48. The van der Waals surface area contributed by atoms with Gasteiger partial charge in [-0.3, -0.25) is 0 Å². The van der Waals surface area contributed by atoms with Crippen LogP contribution in [0.3, 0.4) is 0 Å². The summed E-state index contributed by atoms with van der Waals surface area (Å²) in [6.45, 7) is 7.04. The van der Waals surface area contributed by atoms with Gasteiger partial charge in [0.05, 0.1) is 19.8 Å². The second-order valence-corrected chi connectivity index (χ2v) is 6.94. The highest BCUT2D eigenvalue weighted by molar-refractivity contribution is 5.98. The van der Waals surface area contributed by atoms with Crippen molar-refractivity contribution in [1.29, 1.82) is 0 Å². The van der Waals surface area contributed by atoms with E-state index in [2.05, 4.69) is 24.1 Å². The van der Waals surface area contributed by atoms with Gasteiger partial charge in [0.15, 0.2) is 11.5 Å². The normalized spacial score (nSPS) is 14.7. The molecular formula is C23H28N2O6. The summed E-state index contributed by atoms with van der Waals surface area (Å²) in [6, 6.07) is 10.3. The molecule has 166 valence electrons. The zero-order valence-electron chi connectivity index (χ0n) is 18.3. The summed E-state index contributed by atoms with van der Waals surface area (Å²) in [4.78, 5) is 26.8. The topological polar surface area (TPSA) is 86.3 Å². The molecule has 0 saturated carbocycles. The molecule has 0 radical (unpaired) electrons. The number of carbonyl (C=O) groups is 2. The number of cyclic esters (lactones) is 1. The number of nitrogens with zero attached hydrogens (tertiary/aromatic N) is 1. The second kappa shape index (κ2) is 10.2. The standard InChI is InChI=1S/C23H28N2O6/c1-5-25(6-2)13-14-30-22(26)15-7-9-16(10-8-15)24-21-17-11-12-18(28-3)20(29-4)19(17)23(27)31-21/h7-12,21,24H,5-6,13-14H2,1-4H3/t21-/m0/s1. The maximum Gasteiger partial charge on any atom is 0.344 e. The highest BCUT2D eigenvalue weighted by Gasteiger charge is 2.35. The number of hydrogen-bond acceptors (Lipinski definition) is 8. The van der Waals surface area contributed by atoms with Crippen LogP contribution in [0.2, 0.25) is 0 Å². The third-order valence-electron chi connectivity index (χ3n) is 5.24. The van der Waals surface area contributed by atoms with Gasteiger partial charge in [-0.2, -0.15) is 0 Å². The van der Waals surface area contributed by atoms with E-state index in [-0.39, 0.29) is 5.97 Å². The lowest BCUT2D eigenvalue weighted by atomic mass is 10.1. The summed E-state index contributed by atoms with van der Waals surface area (Å²) in [5.74, 6) is -0.0513. The molecule has 8 heteroatoms. The van der Waals surface area contributed by atoms with Gasteiger partial charge < -0.3 is 29.2 Å². The summed E-state index contributed by atoms with van der Waals surface area (Å²) < 4.78 is 21.4. The molecule has 0 aromatic heterocycles. The van der Waals surface area contributed by atoms with Crippen molar-refractivity contribution in [3.63, 3.8) is 0 Å². The Bertz CT molecular complexity index is 924. The Morgan fingerprint density at radius 3 is 2.39 bits per heavy atom. The number of likely N-dealkylation sites (N-methyl/N-ethyl adjacent to an activating group) is 1. The summed E-state index contributed by atoms with van der Waals surface area (Å²) in [7, 11) is 2.99. The van der Waals surface area contributed by atoms with Gasteiger partial charge in [0.1, 0.15) is 12.2 Å². The molecule has 0 bridgehead atoms. The number of ether oxygens (including phenoxy) is 4. The van der Waals surface area contributed by atoms with E-state index in [1.54, 1.807) is 36.4 Å². The fourth-order valence-corrected chi connectivity index (χ4v) is 3.45. The molecule has 31 heavy (non-hydrogen) atoms. The van der Waals surface area contributed by atoms with E-state index >= 15 is 0 Å². The average Bonchev–Trinajstić information content (AvgIpc) is 3.11. The van der Waals surface area contributed by atoms with Crippen molar-refractivity contribution in [3.8, 4) is 11.5 Å². The first-order valence-corrected chi connectivity index (χ1v) is 10.2. The third-order valence-corrected chi connectivity index (χ3v) is 5.24. The van der Waals surface area contributed by atoms with Crippen LogP contribution in [0.1, 0.15) is 46.4 Å². The van der Waals surface area contributed by atoms with E-state index in [1.807, 2.05) is 0 Å². The van der Waals surface area contributed by atoms with E-state index in [4.69, 9.17) is 18.9 Å². The number of esters is 2. The molecule has 0 saturated heterocycles. The quantitative estimate of drug-likeness (QED) is 0.576. The maximum atomic E-state index is 12.4. The Labute approximate surface area is 182 Å². The molecule has 0 amide bonds. The first-order valence-electron chi connectivity index (χ1n) is 10.2. The van der Waals surface area contributed by atoms with Crippen LogP contribution in [0.15, 0.2) is 36.4 Å². The van der Waals surface area contributed by atoms with Crippen LogP contribution in [0, 0.1) is 0 Å². The molecule has 1 heterocycles. The summed E-state index contributed by atoms with van der Waals surface area (Å²) in [5.41, 5.74) is 2.15. The highest BCUT2D eigenvalue weighted by Crippen LogP contribution is 2.42. The van der Waals surface area contributed by atoms with Gasteiger partial charge in [-0.1, -0.05) is 13.8 Å². The van der Waals surface area contributed by atoms with E-state index in [0.717, 1.165) is 13.1 Å². The van der Waals surface area contributed by atoms with Crippen molar-refractivity contribution < 1.29 is 28.5 Å². The van der Waals surface area contributed by atoms with Crippen LogP contribution in [0.5, 0.6) is 11.5 Å². The number of benzene rings is 2. The summed E-state index contributed by atoms with van der Waals surface area (Å²) in [6.07, 6.45) is -0.672. The Hall–Kier alpha value is -3.26. The van der Waals surface area contributed by atoms with Crippen molar-refractivity contribution in [3.05, 3.63) is 53.1 Å². The van der Waals surface area contributed by atoms with Crippen LogP contribution in [0.4, 0.5) is 5.69 Å². The number of hydrogen-bond donors (Lipinski definition) is 1. The molecule has 2 aromatic carbocycles. The minimum absolute atomic E-state index is 0.341. The number of rotatable bonds is 10.